The van der Waals surface area contributed by atoms with Crippen molar-refractivity contribution >= 4 is 33.5 Å². The molecule has 1 aliphatic heterocycles. The molecule has 6 rings (SSSR count). The lowest BCUT2D eigenvalue weighted by Gasteiger charge is -2.31. The lowest BCUT2D eigenvalue weighted by atomic mass is 9.92. The Bertz CT molecular complexity index is 1980. The largest absolute Gasteiger partial charge is 0.490 e. The lowest BCUT2D eigenvalue weighted by Crippen LogP contribution is -2.39. The zero-order valence-corrected chi connectivity index (χ0v) is 27.4. The number of hydrogen-bond acceptors (Lipinski definition) is 7. The molecule has 3 aromatic carbocycles. The topological polar surface area (TPSA) is 98.2 Å². The number of carbonyl (C=O) groups excluding carboxylic acids is 1. The van der Waals surface area contributed by atoms with Crippen molar-refractivity contribution in [2.75, 3.05) is 26.9 Å². The number of carboxylic acid groups (broad SMARTS) is 1. The molecule has 0 bridgehead atoms. The highest BCUT2D eigenvalue weighted by Gasteiger charge is 2.27. The van der Waals surface area contributed by atoms with Gasteiger partial charge in [0.15, 0.2) is 0 Å². The molecule has 1 amide bonds. The second-order valence-corrected chi connectivity index (χ2v) is 13.3. The molecule has 3 heterocycles. The number of halogens is 1. The van der Waals surface area contributed by atoms with Gasteiger partial charge in [0.25, 0.3) is 0 Å². The van der Waals surface area contributed by atoms with Gasteiger partial charge in [-0.1, -0.05) is 24.3 Å². The first-order chi connectivity index (χ1) is 22.5. The summed E-state index contributed by atoms with van der Waals surface area (Å²) in [5, 5.41) is 12.7. The van der Waals surface area contributed by atoms with Crippen molar-refractivity contribution < 1.29 is 33.3 Å². The van der Waals surface area contributed by atoms with Crippen molar-refractivity contribution in [3.05, 3.63) is 94.6 Å². The minimum Gasteiger partial charge on any atom is -0.490 e. The third kappa shape index (κ3) is 6.84. The molecule has 0 saturated heterocycles. The Morgan fingerprint density at radius 3 is 2.55 bits per heavy atom. The van der Waals surface area contributed by atoms with Crippen molar-refractivity contribution in [2.24, 2.45) is 0 Å². The van der Waals surface area contributed by atoms with E-state index in [4.69, 9.17) is 19.2 Å². The summed E-state index contributed by atoms with van der Waals surface area (Å²) in [7, 11) is 1.57. The number of amides is 1. The molecule has 2 aromatic heterocycles. The molecular weight excluding hydrogens is 619 g/mol. The first-order valence-electron chi connectivity index (χ1n) is 15.3. The molecule has 242 valence electrons. The third-order valence-corrected chi connectivity index (χ3v) is 8.82. The van der Waals surface area contributed by atoms with Gasteiger partial charge < -0.3 is 24.2 Å². The van der Waals surface area contributed by atoms with Crippen LogP contribution < -0.4 is 4.74 Å². The minimum atomic E-state index is -1.05. The number of fused-ring (bicyclic) bond motifs is 2. The molecule has 1 N–H and O–H groups in total. The van der Waals surface area contributed by atoms with Gasteiger partial charge in [0.2, 0.25) is 0 Å². The Labute approximate surface area is 276 Å². The molecule has 0 unspecified atom stereocenters. The number of rotatable bonds is 8. The molecule has 47 heavy (non-hydrogen) atoms. The Morgan fingerprint density at radius 1 is 0.979 bits per heavy atom. The molecule has 1 aliphatic rings. The van der Waals surface area contributed by atoms with Crippen molar-refractivity contribution in [1.29, 1.82) is 0 Å². The number of hydrogen-bond donors (Lipinski definition) is 1. The SMILES string of the molecule is COCCOc1cc(F)ccc1-c1c(-c2cccc(C(=O)O)c2)nc(-c2ccc3c(c2)CCN(C(=O)OC(C)(C)C)C3)c2ccsc12. The molecular formula is C37H35FN2O6S. The molecule has 0 atom stereocenters. The van der Waals surface area contributed by atoms with Crippen LogP contribution in [0.1, 0.15) is 42.3 Å². The average molecular weight is 655 g/mol. The highest BCUT2D eigenvalue weighted by molar-refractivity contribution is 7.18. The average Bonchev–Trinajstić information content (AvgIpc) is 3.53. The van der Waals surface area contributed by atoms with E-state index in [1.807, 2.05) is 50.4 Å². The molecule has 0 saturated carbocycles. The van der Waals surface area contributed by atoms with E-state index in [-0.39, 0.29) is 18.3 Å². The molecule has 0 radical (unpaired) electrons. The summed E-state index contributed by atoms with van der Waals surface area (Å²) in [6.45, 7) is 7.10. The maximum atomic E-state index is 14.5. The van der Waals surface area contributed by atoms with Crippen LogP contribution in [0.4, 0.5) is 9.18 Å². The van der Waals surface area contributed by atoms with Gasteiger partial charge >= 0.3 is 12.1 Å². The Morgan fingerprint density at radius 2 is 1.79 bits per heavy atom. The van der Waals surface area contributed by atoms with Gasteiger partial charge in [-0.3, -0.25) is 0 Å². The number of nitrogens with zero attached hydrogens (tertiary/aromatic N) is 2. The van der Waals surface area contributed by atoms with Gasteiger partial charge in [0.05, 0.1) is 23.6 Å². The standard InChI is InChI=1S/C37H35FN2O6S/c1-37(2,3)46-36(43)40-14-12-22-18-24(8-9-26(22)21-40)32-29-13-17-47-34(29)31(28-11-10-27(38)20-30(28)45-16-15-44-4)33(39-32)23-6-5-7-25(19-23)35(41)42/h5-11,13,17-20H,12,14-16,21H2,1-4H3,(H,41,42). The smallest absolute Gasteiger partial charge is 0.410 e. The number of ether oxygens (including phenoxy) is 3. The van der Waals surface area contributed by atoms with Crippen LogP contribution in [0.5, 0.6) is 5.75 Å². The van der Waals surface area contributed by atoms with E-state index in [1.54, 1.807) is 30.2 Å². The fraction of sp³-hybridized carbons (Fsp3) is 0.270. The number of methoxy groups -OCH3 is 1. The van der Waals surface area contributed by atoms with Crippen LogP contribution in [0, 0.1) is 5.82 Å². The van der Waals surface area contributed by atoms with Gasteiger partial charge in [0, 0.05) is 58.6 Å². The van der Waals surface area contributed by atoms with Crippen LogP contribution in [-0.4, -0.2) is 59.5 Å². The number of pyridine rings is 1. The van der Waals surface area contributed by atoms with Crippen molar-refractivity contribution in [2.45, 2.75) is 39.3 Å². The normalized spacial score (nSPS) is 13.0. The fourth-order valence-electron chi connectivity index (χ4n) is 5.74. The summed E-state index contributed by atoms with van der Waals surface area (Å²) in [5.74, 6) is -1.15. The number of benzene rings is 3. The van der Waals surface area contributed by atoms with Crippen LogP contribution in [0.25, 0.3) is 43.7 Å². The lowest BCUT2D eigenvalue weighted by molar-refractivity contribution is 0.0224. The third-order valence-electron chi connectivity index (χ3n) is 7.89. The molecule has 0 spiro atoms. The van der Waals surface area contributed by atoms with Gasteiger partial charge in [0.1, 0.15) is 23.8 Å². The number of carbonyl (C=O) groups is 2. The highest BCUT2D eigenvalue weighted by atomic mass is 32.1. The van der Waals surface area contributed by atoms with Crippen molar-refractivity contribution in [3.63, 3.8) is 0 Å². The maximum Gasteiger partial charge on any atom is 0.410 e. The summed E-state index contributed by atoms with van der Waals surface area (Å²) in [5.41, 5.74) is 5.87. The quantitative estimate of drug-likeness (QED) is 0.168. The van der Waals surface area contributed by atoms with Crippen LogP contribution >= 0.6 is 11.3 Å². The molecule has 0 fully saturated rings. The minimum absolute atomic E-state index is 0.127. The zero-order chi connectivity index (χ0) is 33.3. The Kier molecular flexibility index (Phi) is 8.98. The Hall–Kier alpha value is -4.80. The van der Waals surface area contributed by atoms with E-state index < -0.39 is 17.4 Å². The Balaban J connectivity index is 1.50. The zero-order valence-electron chi connectivity index (χ0n) is 26.6. The number of aromatic carboxylic acids is 1. The van der Waals surface area contributed by atoms with Gasteiger partial charge in [-0.25, -0.2) is 19.0 Å². The first kappa shape index (κ1) is 32.2. The second kappa shape index (κ2) is 13.1. The second-order valence-electron chi connectivity index (χ2n) is 12.4. The molecule has 8 nitrogen and oxygen atoms in total. The van der Waals surface area contributed by atoms with E-state index in [0.29, 0.717) is 48.7 Å². The molecule has 10 heteroatoms. The van der Waals surface area contributed by atoms with E-state index in [0.717, 1.165) is 38.0 Å². The van der Waals surface area contributed by atoms with Gasteiger partial charge in [-0.15, -0.1) is 11.3 Å². The van der Waals surface area contributed by atoms with E-state index in [1.165, 1.54) is 29.5 Å². The number of carboxylic acids is 1. The summed E-state index contributed by atoms with van der Waals surface area (Å²) in [4.78, 5) is 31.7. The van der Waals surface area contributed by atoms with E-state index >= 15 is 0 Å². The highest BCUT2D eigenvalue weighted by Crippen LogP contribution is 2.46. The number of aromatic nitrogens is 1. The van der Waals surface area contributed by atoms with Crippen molar-refractivity contribution in [3.8, 4) is 39.4 Å². The molecule has 0 aliphatic carbocycles. The summed E-state index contributed by atoms with van der Waals surface area (Å²) in [6.07, 6.45) is 0.336. The molecule has 5 aromatic rings. The van der Waals surface area contributed by atoms with E-state index in [9.17, 15) is 19.1 Å². The van der Waals surface area contributed by atoms with Crippen LogP contribution in [-0.2, 0) is 22.4 Å². The fourth-order valence-corrected chi connectivity index (χ4v) is 6.70. The summed E-state index contributed by atoms with van der Waals surface area (Å²) < 4.78 is 32.2. The van der Waals surface area contributed by atoms with E-state index in [2.05, 4.69) is 6.07 Å². The predicted octanol–water partition coefficient (Wildman–Crippen LogP) is 8.45. The number of thiophene rings is 1. The van der Waals surface area contributed by atoms with Gasteiger partial charge in [-0.05, 0) is 80.1 Å². The van der Waals surface area contributed by atoms with Crippen LogP contribution in [0.15, 0.2) is 72.1 Å². The van der Waals surface area contributed by atoms with Gasteiger partial charge in [-0.2, -0.15) is 0 Å². The summed E-state index contributed by atoms with van der Waals surface area (Å²) >= 11 is 1.53. The van der Waals surface area contributed by atoms with Crippen LogP contribution in [0.2, 0.25) is 0 Å². The van der Waals surface area contributed by atoms with Crippen molar-refractivity contribution in [1.82, 2.24) is 9.88 Å². The monoisotopic (exact) mass is 654 g/mol. The summed E-state index contributed by atoms with van der Waals surface area (Å²) in [6, 6.07) is 19.2. The maximum absolute atomic E-state index is 14.5. The first-order valence-corrected chi connectivity index (χ1v) is 16.2. The predicted molar refractivity (Wildman–Crippen MR) is 181 cm³/mol. The van der Waals surface area contributed by atoms with Crippen LogP contribution in [0.3, 0.4) is 0 Å².